The summed E-state index contributed by atoms with van der Waals surface area (Å²) >= 11 is 0. The molecule has 136 valence electrons. The minimum Gasteiger partial charge on any atom is -0.438 e. The number of anilines is 1. The fourth-order valence-electron chi connectivity index (χ4n) is 3.04. The Balaban J connectivity index is 1.83. The molecule has 0 spiro atoms. The van der Waals surface area contributed by atoms with Crippen molar-refractivity contribution in [3.05, 3.63) is 47.2 Å². The van der Waals surface area contributed by atoms with Crippen molar-refractivity contribution in [2.75, 3.05) is 4.90 Å². The van der Waals surface area contributed by atoms with Crippen molar-refractivity contribution in [2.45, 2.75) is 25.3 Å². The number of carbonyl (C=O) groups excluding carboxylic acids is 2. The lowest BCUT2D eigenvalue weighted by Gasteiger charge is -2.28. The van der Waals surface area contributed by atoms with Gasteiger partial charge in [0.1, 0.15) is 11.3 Å². The molecule has 0 bridgehead atoms. The number of carbonyl (C=O) groups is 2. The van der Waals surface area contributed by atoms with Crippen LogP contribution < -0.4 is 15.0 Å². The highest BCUT2D eigenvalue weighted by Gasteiger charge is 2.48. The number of nitrogens with one attached hydrogen (secondary N) is 1. The van der Waals surface area contributed by atoms with Gasteiger partial charge in [0.25, 0.3) is 5.91 Å². The SMILES string of the molecule is CC1(C)NC(=O)N(c2cnc3c(c2)C(F)(F)c2cc(C#N)ccc2O3)C1=O. The Labute approximate surface area is 152 Å². The minimum absolute atomic E-state index is 0.0560. The van der Waals surface area contributed by atoms with Crippen LogP contribution in [0.5, 0.6) is 11.6 Å². The van der Waals surface area contributed by atoms with Gasteiger partial charge < -0.3 is 10.1 Å². The molecule has 0 radical (unpaired) electrons. The molecule has 0 atom stereocenters. The minimum atomic E-state index is -3.52. The Kier molecular flexibility index (Phi) is 3.28. The van der Waals surface area contributed by atoms with E-state index in [2.05, 4.69) is 10.3 Å². The summed E-state index contributed by atoms with van der Waals surface area (Å²) in [4.78, 5) is 29.2. The number of nitrogens with zero attached hydrogens (tertiary/aromatic N) is 3. The van der Waals surface area contributed by atoms with Crippen LogP contribution in [0.1, 0.15) is 30.5 Å². The van der Waals surface area contributed by atoms with E-state index in [1.165, 1.54) is 26.0 Å². The fraction of sp³-hybridized carbons (Fsp3) is 0.222. The average molecular weight is 370 g/mol. The van der Waals surface area contributed by atoms with E-state index in [1.54, 1.807) is 6.07 Å². The molecule has 3 amide bonds. The van der Waals surface area contributed by atoms with Crippen molar-refractivity contribution in [2.24, 2.45) is 0 Å². The van der Waals surface area contributed by atoms with Crippen molar-refractivity contribution >= 4 is 17.6 Å². The summed E-state index contributed by atoms with van der Waals surface area (Å²) in [6.07, 6.45) is 1.13. The highest BCUT2D eigenvalue weighted by molar-refractivity contribution is 6.23. The maximum absolute atomic E-state index is 15.1. The zero-order valence-electron chi connectivity index (χ0n) is 14.2. The number of benzene rings is 1. The number of alkyl halides is 2. The first-order chi connectivity index (χ1) is 12.6. The molecular weight excluding hydrogens is 358 g/mol. The first-order valence-corrected chi connectivity index (χ1v) is 7.92. The summed E-state index contributed by atoms with van der Waals surface area (Å²) < 4.78 is 35.6. The third kappa shape index (κ3) is 2.33. The van der Waals surface area contributed by atoms with Crippen LogP contribution >= 0.6 is 0 Å². The van der Waals surface area contributed by atoms with Crippen LogP contribution in [-0.2, 0) is 10.7 Å². The van der Waals surface area contributed by atoms with E-state index < -0.39 is 34.5 Å². The molecule has 0 aliphatic carbocycles. The van der Waals surface area contributed by atoms with Gasteiger partial charge in [0.05, 0.1) is 34.6 Å². The summed E-state index contributed by atoms with van der Waals surface area (Å²) in [5.74, 6) is -4.54. The van der Waals surface area contributed by atoms with Crippen LogP contribution in [0.15, 0.2) is 30.5 Å². The van der Waals surface area contributed by atoms with Gasteiger partial charge in [0.2, 0.25) is 5.88 Å². The molecular formula is C18H12F2N4O3. The lowest BCUT2D eigenvalue weighted by molar-refractivity contribution is -0.121. The molecule has 3 heterocycles. The fourth-order valence-corrected chi connectivity index (χ4v) is 3.04. The average Bonchev–Trinajstić information content (AvgIpc) is 2.82. The maximum atomic E-state index is 15.1. The zero-order chi connectivity index (χ0) is 19.6. The third-order valence-corrected chi connectivity index (χ3v) is 4.45. The van der Waals surface area contributed by atoms with Crippen molar-refractivity contribution in [1.82, 2.24) is 10.3 Å². The number of pyridine rings is 1. The number of rotatable bonds is 1. The molecule has 1 fully saturated rings. The number of halogens is 2. The van der Waals surface area contributed by atoms with Gasteiger partial charge in [0, 0.05) is 0 Å². The Hall–Kier alpha value is -3.54. The third-order valence-electron chi connectivity index (χ3n) is 4.45. The topological polar surface area (TPSA) is 95.3 Å². The molecule has 7 nitrogen and oxygen atoms in total. The number of hydrogen-bond acceptors (Lipinski definition) is 5. The summed E-state index contributed by atoms with van der Waals surface area (Å²) in [5.41, 5.74) is -2.26. The molecule has 1 N–H and O–H groups in total. The normalized spacial score (nSPS) is 18.9. The Morgan fingerprint density at radius 3 is 2.59 bits per heavy atom. The number of imide groups is 1. The Bertz CT molecular complexity index is 1060. The molecule has 1 aromatic heterocycles. The predicted octanol–water partition coefficient (Wildman–Crippen LogP) is 3.03. The first-order valence-electron chi connectivity index (χ1n) is 7.92. The smallest absolute Gasteiger partial charge is 0.329 e. The predicted molar refractivity (Wildman–Crippen MR) is 88.6 cm³/mol. The second kappa shape index (κ2) is 5.23. The van der Waals surface area contributed by atoms with Crippen LogP contribution in [0.25, 0.3) is 0 Å². The van der Waals surface area contributed by atoms with Crippen molar-refractivity contribution in [3.8, 4) is 17.7 Å². The maximum Gasteiger partial charge on any atom is 0.329 e. The second-order valence-corrected chi connectivity index (χ2v) is 6.74. The lowest BCUT2D eigenvalue weighted by atomic mass is 9.96. The largest absolute Gasteiger partial charge is 0.438 e. The number of fused-ring (bicyclic) bond motifs is 2. The summed E-state index contributed by atoms with van der Waals surface area (Å²) in [5, 5.41) is 11.4. The Morgan fingerprint density at radius 1 is 1.22 bits per heavy atom. The van der Waals surface area contributed by atoms with Gasteiger partial charge in [0.15, 0.2) is 0 Å². The molecule has 2 aromatic rings. The number of nitriles is 1. The molecule has 2 aliphatic rings. The molecule has 9 heteroatoms. The van der Waals surface area contributed by atoms with Crippen LogP contribution in [0.2, 0.25) is 0 Å². The highest BCUT2D eigenvalue weighted by Crippen LogP contribution is 2.50. The molecule has 27 heavy (non-hydrogen) atoms. The number of urea groups is 1. The molecule has 0 saturated carbocycles. The number of aromatic nitrogens is 1. The van der Waals surface area contributed by atoms with Gasteiger partial charge in [-0.2, -0.15) is 14.0 Å². The molecule has 1 saturated heterocycles. The van der Waals surface area contributed by atoms with Crippen molar-refractivity contribution in [1.29, 1.82) is 5.26 Å². The molecule has 4 rings (SSSR count). The van der Waals surface area contributed by atoms with Crippen LogP contribution in [-0.4, -0.2) is 22.5 Å². The van der Waals surface area contributed by atoms with E-state index in [0.717, 1.165) is 23.2 Å². The van der Waals surface area contributed by atoms with Crippen molar-refractivity contribution < 1.29 is 23.1 Å². The molecule has 1 aromatic carbocycles. The monoisotopic (exact) mass is 370 g/mol. The second-order valence-electron chi connectivity index (χ2n) is 6.74. The van der Waals surface area contributed by atoms with Gasteiger partial charge in [-0.05, 0) is 38.1 Å². The standard InChI is InChI=1S/C18H12F2N4O3/c1-17(2)15(25)24(16(26)23-17)10-6-12-14(22-8-10)27-13-4-3-9(7-21)5-11(13)18(12,19)20/h3-6,8H,1-2H3,(H,23,26). The van der Waals surface area contributed by atoms with E-state index in [1.807, 2.05) is 0 Å². The first kappa shape index (κ1) is 16.9. The van der Waals surface area contributed by atoms with Crippen molar-refractivity contribution in [3.63, 3.8) is 0 Å². The quantitative estimate of drug-likeness (QED) is 0.779. The van der Waals surface area contributed by atoms with Crippen LogP contribution in [0.4, 0.5) is 19.3 Å². The summed E-state index contributed by atoms with van der Waals surface area (Å²) in [6, 6.07) is 5.77. The molecule has 2 aliphatic heterocycles. The van der Waals surface area contributed by atoms with E-state index in [0.29, 0.717) is 0 Å². The van der Waals surface area contributed by atoms with Gasteiger partial charge >= 0.3 is 12.0 Å². The van der Waals surface area contributed by atoms with E-state index >= 15 is 8.78 Å². The number of ether oxygens (including phenoxy) is 1. The van der Waals surface area contributed by atoms with Gasteiger partial charge in [-0.15, -0.1) is 0 Å². The number of hydrogen-bond donors (Lipinski definition) is 1. The van der Waals surface area contributed by atoms with E-state index in [9.17, 15) is 9.59 Å². The molecule has 0 unspecified atom stereocenters. The number of amides is 3. The van der Waals surface area contributed by atoms with E-state index in [4.69, 9.17) is 10.00 Å². The summed E-state index contributed by atoms with van der Waals surface area (Å²) in [7, 11) is 0. The lowest BCUT2D eigenvalue weighted by Crippen LogP contribution is -2.40. The Morgan fingerprint density at radius 2 is 1.96 bits per heavy atom. The summed E-state index contributed by atoms with van der Waals surface area (Å²) in [6.45, 7) is 3.02. The highest BCUT2D eigenvalue weighted by atomic mass is 19.3. The zero-order valence-corrected chi connectivity index (χ0v) is 14.2. The van der Waals surface area contributed by atoms with Crippen LogP contribution in [0.3, 0.4) is 0 Å². The van der Waals surface area contributed by atoms with Gasteiger partial charge in [-0.25, -0.2) is 14.7 Å². The van der Waals surface area contributed by atoms with Crippen LogP contribution in [0, 0.1) is 11.3 Å². The van der Waals surface area contributed by atoms with Gasteiger partial charge in [-0.3, -0.25) is 4.79 Å². The van der Waals surface area contributed by atoms with Gasteiger partial charge in [-0.1, -0.05) is 0 Å². The van der Waals surface area contributed by atoms with E-state index in [-0.39, 0.29) is 22.9 Å².